The molecule has 0 heterocycles. The summed E-state index contributed by atoms with van der Waals surface area (Å²) in [5.41, 5.74) is 2.66. The third-order valence-corrected chi connectivity index (χ3v) is 2.58. The molecule has 0 bridgehead atoms. The van der Waals surface area contributed by atoms with Gasteiger partial charge in [-0.05, 0) is 36.6 Å². The van der Waals surface area contributed by atoms with Crippen LogP contribution in [0.5, 0.6) is 0 Å². The van der Waals surface area contributed by atoms with Crippen molar-refractivity contribution in [2.24, 2.45) is 0 Å². The molecule has 0 saturated carbocycles. The molecule has 1 aromatic rings. The second kappa shape index (κ2) is 8.17. The Hall–Kier alpha value is -1.99. The van der Waals surface area contributed by atoms with Gasteiger partial charge in [0.1, 0.15) is 6.61 Å². The van der Waals surface area contributed by atoms with Crippen LogP contribution in [0.2, 0.25) is 0 Å². The SMILES string of the molecule is CCCNC(=O)Nc1ccc(C#CCO)cc1CC. The molecule has 1 aromatic carbocycles. The summed E-state index contributed by atoms with van der Waals surface area (Å²) < 4.78 is 0. The Morgan fingerprint density at radius 3 is 2.79 bits per heavy atom. The van der Waals surface area contributed by atoms with E-state index in [0.29, 0.717) is 6.54 Å². The Kier molecular flexibility index (Phi) is 6.48. The second-order valence-corrected chi connectivity index (χ2v) is 4.07. The molecule has 2 amide bonds. The number of benzene rings is 1. The van der Waals surface area contributed by atoms with Crippen molar-refractivity contribution in [2.75, 3.05) is 18.5 Å². The fourth-order valence-electron chi connectivity index (χ4n) is 1.63. The van der Waals surface area contributed by atoms with Crippen LogP contribution in [-0.2, 0) is 6.42 Å². The van der Waals surface area contributed by atoms with Crippen LogP contribution >= 0.6 is 0 Å². The predicted molar refractivity (Wildman–Crippen MR) is 77.1 cm³/mol. The van der Waals surface area contributed by atoms with Gasteiger partial charge >= 0.3 is 6.03 Å². The maximum absolute atomic E-state index is 11.6. The Morgan fingerprint density at radius 2 is 2.16 bits per heavy atom. The van der Waals surface area contributed by atoms with Crippen molar-refractivity contribution < 1.29 is 9.90 Å². The average Bonchev–Trinajstić information content (AvgIpc) is 2.43. The quantitative estimate of drug-likeness (QED) is 0.726. The Balaban J connectivity index is 2.81. The summed E-state index contributed by atoms with van der Waals surface area (Å²) in [6.45, 7) is 4.54. The Bertz CT molecular complexity index is 487. The number of aliphatic hydroxyl groups excluding tert-OH is 1. The van der Waals surface area contributed by atoms with E-state index in [9.17, 15) is 4.79 Å². The molecule has 0 aromatic heterocycles. The van der Waals surface area contributed by atoms with Crippen LogP contribution in [-0.4, -0.2) is 24.3 Å². The normalized spacial score (nSPS) is 9.42. The molecule has 0 aliphatic carbocycles. The molecule has 102 valence electrons. The highest BCUT2D eigenvalue weighted by molar-refractivity contribution is 5.90. The van der Waals surface area contributed by atoms with Gasteiger partial charge in [0, 0.05) is 17.8 Å². The molecule has 0 atom stereocenters. The molecule has 0 radical (unpaired) electrons. The van der Waals surface area contributed by atoms with Crippen molar-refractivity contribution in [3.8, 4) is 11.8 Å². The molecular formula is C15H20N2O2. The van der Waals surface area contributed by atoms with Gasteiger partial charge < -0.3 is 15.7 Å². The van der Waals surface area contributed by atoms with Gasteiger partial charge in [0.05, 0.1) is 0 Å². The molecule has 19 heavy (non-hydrogen) atoms. The zero-order chi connectivity index (χ0) is 14.1. The first kappa shape index (κ1) is 15.1. The largest absolute Gasteiger partial charge is 0.384 e. The summed E-state index contributed by atoms with van der Waals surface area (Å²) in [4.78, 5) is 11.6. The number of carbonyl (C=O) groups excluding carboxylic acids is 1. The van der Waals surface area contributed by atoms with Crippen LogP contribution in [0.15, 0.2) is 18.2 Å². The van der Waals surface area contributed by atoms with Gasteiger partial charge in [-0.25, -0.2) is 4.79 Å². The fourth-order valence-corrected chi connectivity index (χ4v) is 1.63. The van der Waals surface area contributed by atoms with E-state index in [1.807, 2.05) is 32.0 Å². The van der Waals surface area contributed by atoms with Gasteiger partial charge in [-0.1, -0.05) is 25.7 Å². The highest BCUT2D eigenvalue weighted by Crippen LogP contribution is 2.17. The van der Waals surface area contributed by atoms with E-state index in [1.165, 1.54) is 0 Å². The van der Waals surface area contributed by atoms with Gasteiger partial charge in [-0.15, -0.1) is 0 Å². The zero-order valence-electron chi connectivity index (χ0n) is 11.4. The lowest BCUT2D eigenvalue weighted by Crippen LogP contribution is -2.29. The molecule has 0 fully saturated rings. The Labute approximate surface area is 114 Å². The first-order valence-electron chi connectivity index (χ1n) is 6.48. The first-order chi connectivity index (χ1) is 9.21. The Morgan fingerprint density at radius 1 is 1.37 bits per heavy atom. The number of amides is 2. The van der Waals surface area contributed by atoms with E-state index in [4.69, 9.17) is 5.11 Å². The van der Waals surface area contributed by atoms with E-state index in [1.54, 1.807) is 0 Å². The van der Waals surface area contributed by atoms with Gasteiger partial charge in [0.2, 0.25) is 0 Å². The fraction of sp³-hybridized carbons (Fsp3) is 0.400. The summed E-state index contributed by atoms with van der Waals surface area (Å²) in [7, 11) is 0. The van der Waals surface area contributed by atoms with Crippen molar-refractivity contribution in [3.05, 3.63) is 29.3 Å². The monoisotopic (exact) mass is 260 g/mol. The summed E-state index contributed by atoms with van der Waals surface area (Å²) in [5, 5.41) is 14.3. The molecule has 0 unspecified atom stereocenters. The van der Waals surface area contributed by atoms with Crippen molar-refractivity contribution in [1.82, 2.24) is 5.32 Å². The lowest BCUT2D eigenvalue weighted by molar-refractivity contribution is 0.252. The average molecular weight is 260 g/mol. The summed E-state index contributed by atoms with van der Waals surface area (Å²) in [6, 6.07) is 5.41. The maximum Gasteiger partial charge on any atom is 0.319 e. The lowest BCUT2D eigenvalue weighted by Gasteiger charge is -2.11. The van der Waals surface area contributed by atoms with E-state index in [0.717, 1.165) is 29.7 Å². The predicted octanol–water partition coefficient (Wildman–Crippen LogP) is 2.12. The van der Waals surface area contributed by atoms with Crippen LogP contribution in [0.4, 0.5) is 10.5 Å². The number of aliphatic hydroxyl groups is 1. The topological polar surface area (TPSA) is 61.4 Å². The van der Waals surface area contributed by atoms with Crippen molar-refractivity contribution in [2.45, 2.75) is 26.7 Å². The third-order valence-electron chi connectivity index (χ3n) is 2.58. The minimum absolute atomic E-state index is 0.152. The number of nitrogens with one attached hydrogen (secondary N) is 2. The van der Waals surface area contributed by atoms with Gasteiger partial charge in [-0.2, -0.15) is 0 Å². The van der Waals surface area contributed by atoms with Crippen LogP contribution in [0.25, 0.3) is 0 Å². The van der Waals surface area contributed by atoms with E-state index >= 15 is 0 Å². The van der Waals surface area contributed by atoms with Crippen LogP contribution in [0.3, 0.4) is 0 Å². The molecule has 0 spiro atoms. The number of carbonyl (C=O) groups is 1. The molecule has 3 N–H and O–H groups in total. The highest BCUT2D eigenvalue weighted by Gasteiger charge is 2.05. The summed E-state index contributed by atoms with van der Waals surface area (Å²) in [6.07, 6.45) is 1.71. The number of urea groups is 1. The number of hydrogen-bond donors (Lipinski definition) is 3. The highest BCUT2D eigenvalue weighted by atomic mass is 16.2. The molecule has 4 heteroatoms. The molecule has 0 aliphatic heterocycles. The number of anilines is 1. The van der Waals surface area contributed by atoms with Crippen molar-refractivity contribution in [1.29, 1.82) is 0 Å². The van der Waals surface area contributed by atoms with E-state index < -0.39 is 0 Å². The third kappa shape index (κ3) is 5.02. The molecule has 4 nitrogen and oxygen atoms in total. The second-order valence-electron chi connectivity index (χ2n) is 4.07. The first-order valence-corrected chi connectivity index (χ1v) is 6.48. The number of aryl methyl sites for hydroxylation is 1. The summed E-state index contributed by atoms with van der Waals surface area (Å²) >= 11 is 0. The molecule has 0 aliphatic rings. The maximum atomic E-state index is 11.6. The van der Waals surface area contributed by atoms with Gasteiger partial charge in [0.15, 0.2) is 0 Å². The van der Waals surface area contributed by atoms with Crippen LogP contribution in [0.1, 0.15) is 31.4 Å². The molecular weight excluding hydrogens is 240 g/mol. The van der Waals surface area contributed by atoms with E-state index in [2.05, 4.69) is 22.5 Å². The van der Waals surface area contributed by atoms with Gasteiger partial charge in [0.25, 0.3) is 0 Å². The zero-order valence-corrected chi connectivity index (χ0v) is 11.4. The standard InChI is InChI=1S/C15H20N2O2/c1-3-9-16-15(19)17-14-8-7-12(6-5-10-18)11-13(14)4-2/h7-8,11,18H,3-4,9-10H2,1-2H3,(H2,16,17,19). The van der Waals surface area contributed by atoms with Gasteiger partial charge in [-0.3, -0.25) is 0 Å². The van der Waals surface area contributed by atoms with Crippen molar-refractivity contribution >= 4 is 11.7 Å². The summed E-state index contributed by atoms with van der Waals surface area (Å²) in [5.74, 6) is 5.47. The minimum Gasteiger partial charge on any atom is -0.384 e. The minimum atomic E-state index is -0.189. The lowest BCUT2D eigenvalue weighted by atomic mass is 10.1. The smallest absolute Gasteiger partial charge is 0.319 e. The molecule has 1 rings (SSSR count). The molecule has 0 saturated heterocycles. The number of hydrogen-bond acceptors (Lipinski definition) is 2. The van der Waals surface area contributed by atoms with Crippen LogP contribution in [0, 0.1) is 11.8 Å². The van der Waals surface area contributed by atoms with E-state index in [-0.39, 0.29) is 12.6 Å². The van der Waals surface area contributed by atoms with Crippen molar-refractivity contribution in [3.63, 3.8) is 0 Å². The van der Waals surface area contributed by atoms with Crippen LogP contribution < -0.4 is 10.6 Å². The number of rotatable bonds is 4.